The van der Waals surface area contributed by atoms with E-state index in [1.807, 2.05) is 6.07 Å². The van der Waals surface area contributed by atoms with Gasteiger partial charge in [0.25, 0.3) is 0 Å². The molecule has 16 heavy (non-hydrogen) atoms. The van der Waals surface area contributed by atoms with Crippen molar-refractivity contribution in [1.82, 2.24) is 9.97 Å². The molecular formula is C11H14N4O. The third-order valence-electron chi connectivity index (χ3n) is 2.69. The van der Waals surface area contributed by atoms with Crippen LogP contribution in [-0.2, 0) is 0 Å². The molecule has 84 valence electrons. The van der Waals surface area contributed by atoms with Crippen LogP contribution in [0, 0.1) is 11.3 Å². The molecule has 2 unspecified atom stereocenters. The predicted molar refractivity (Wildman–Crippen MR) is 57.6 cm³/mol. The van der Waals surface area contributed by atoms with Gasteiger partial charge in [-0.25, -0.2) is 4.98 Å². The van der Waals surface area contributed by atoms with E-state index in [1.165, 1.54) is 6.20 Å². The van der Waals surface area contributed by atoms with E-state index in [2.05, 4.69) is 9.97 Å². The highest BCUT2D eigenvalue weighted by molar-refractivity contribution is 5.19. The van der Waals surface area contributed by atoms with Gasteiger partial charge in [0, 0.05) is 12.2 Å². The molecule has 0 radical (unpaired) electrons. The second kappa shape index (κ2) is 4.90. The van der Waals surface area contributed by atoms with Crippen LogP contribution in [0.25, 0.3) is 0 Å². The normalized spacial score (nSPS) is 24.8. The summed E-state index contributed by atoms with van der Waals surface area (Å²) in [6.45, 7) is 0. The Hall–Kier alpha value is -1.67. The summed E-state index contributed by atoms with van der Waals surface area (Å²) in [6.07, 6.45) is 5.55. The molecule has 2 N–H and O–H groups in total. The average molecular weight is 218 g/mol. The maximum atomic E-state index is 8.69. The van der Waals surface area contributed by atoms with Crippen LogP contribution in [0.5, 0.6) is 6.01 Å². The lowest BCUT2D eigenvalue weighted by Gasteiger charge is -2.26. The topological polar surface area (TPSA) is 84.8 Å². The Labute approximate surface area is 94.3 Å². The van der Waals surface area contributed by atoms with E-state index in [0.717, 1.165) is 25.7 Å². The Bertz CT molecular complexity index is 401. The van der Waals surface area contributed by atoms with Crippen LogP contribution in [0.4, 0.5) is 0 Å². The van der Waals surface area contributed by atoms with E-state index in [-0.39, 0.29) is 18.2 Å². The van der Waals surface area contributed by atoms with Gasteiger partial charge in [0.2, 0.25) is 0 Å². The second-order valence-electron chi connectivity index (χ2n) is 4.00. The van der Waals surface area contributed by atoms with Gasteiger partial charge in [0.15, 0.2) is 0 Å². The Morgan fingerprint density at radius 3 is 3.12 bits per heavy atom. The molecular weight excluding hydrogens is 204 g/mol. The van der Waals surface area contributed by atoms with E-state index in [0.29, 0.717) is 5.69 Å². The summed E-state index contributed by atoms with van der Waals surface area (Å²) in [5.74, 6) is 0. The first-order valence-electron chi connectivity index (χ1n) is 5.43. The van der Waals surface area contributed by atoms with Crippen molar-refractivity contribution in [3.8, 4) is 12.1 Å². The largest absolute Gasteiger partial charge is 0.460 e. The zero-order valence-electron chi connectivity index (χ0n) is 8.97. The minimum Gasteiger partial charge on any atom is -0.460 e. The van der Waals surface area contributed by atoms with Crippen molar-refractivity contribution in [1.29, 1.82) is 5.26 Å². The summed E-state index contributed by atoms with van der Waals surface area (Å²) in [7, 11) is 0. The van der Waals surface area contributed by atoms with Crippen molar-refractivity contribution in [2.24, 2.45) is 5.73 Å². The standard InChI is InChI=1S/C11H14N4O/c12-7-9-4-5-14-11(15-9)16-10-3-1-2-8(13)6-10/h4-5,8,10H,1-3,6,13H2. The van der Waals surface area contributed by atoms with Crippen LogP contribution < -0.4 is 10.5 Å². The zero-order valence-corrected chi connectivity index (χ0v) is 8.97. The predicted octanol–water partition coefficient (Wildman–Crippen LogP) is 0.997. The highest BCUT2D eigenvalue weighted by Crippen LogP contribution is 2.20. The molecule has 1 heterocycles. The summed E-state index contributed by atoms with van der Waals surface area (Å²) in [6, 6.07) is 4.00. The first kappa shape index (κ1) is 10.8. The minimum atomic E-state index is 0.0812. The molecule has 2 atom stereocenters. The molecule has 1 saturated carbocycles. The van der Waals surface area contributed by atoms with Crippen LogP contribution >= 0.6 is 0 Å². The number of rotatable bonds is 2. The lowest BCUT2D eigenvalue weighted by molar-refractivity contribution is 0.132. The van der Waals surface area contributed by atoms with Gasteiger partial charge in [0.1, 0.15) is 17.9 Å². The Morgan fingerprint density at radius 1 is 1.50 bits per heavy atom. The smallest absolute Gasteiger partial charge is 0.317 e. The number of nitriles is 1. The van der Waals surface area contributed by atoms with E-state index in [4.69, 9.17) is 15.7 Å². The Morgan fingerprint density at radius 2 is 2.38 bits per heavy atom. The monoisotopic (exact) mass is 218 g/mol. The Kier molecular flexibility index (Phi) is 3.32. The van der Waals surface area contributed by atoms with Crippen molar-refractivity contribution in [2.75, 3.05) is 0 Å². The molecule has 1 fully saturated rings. The Balaban J connectivity index is 2.00. The molecule has 2 rings (SSSR count). The zero-order chi connectivity index (χ0) is 11.4. The molecule has 1 aromatic rings. The quantitative estimate of drug-likeness (QED) is 0.800. The summed E-state index contributed by atoms with van der Waals surface area (Å²) in [5.41, 5.74) is 6.19. The molecule has 5 heteroatoms. The van der Waals surface area contributed by atoms with Gasteiger partial charge in [-0.1, -0.05) is 0 Å². The van der Waals surface area contributed by atoms with Crippen LogP contribution in [-0.4, -0.2) is 22.1 Å². The molecule has 0 bridgehead atoms. The highest BCUT2D eigenvalue weighted by atomic mass is 16.5. The number of hydrogen-bond donors (Lipinski definition) is 1. The van der Waals surface area contributed by atoms with E-state index >= 15 is 0 Å². The van der Waals surface area contributed by atoms with Crippen molar-refractivity contribution in [3.05, 3.63) is 18.0 Å². The molecule has 0 saturated heterocycles. The van der Waals surface area contributed by atoms with E-state index in [1.54, 1.807) is 6.07 Å². The van der Waals surface area contributed by atoms with Gasteiger partial charge in [-0.3, -0.25) is 0 Å². The van der Waals surface area contributed by atoms with E-state index < -0.39 is 0 Å². The summed E-state index contributed by atoms with van der Waals surface area (Å²) >= 11 is 0. The number of hydrogen-bond acceptors (Lipinski definition) is 5. The molecule has 1 aromatic heterocycles. The molecule has 0 aliphatic heterocycles. The molecule has 5 nitrogen and oxygen atoms in total. The first-order valence-corrected chi connectivity index (χ1v) is 5.43. The third kappa shape index (κ3) is 2.67. The molecule has 0 amide bonds. The fraction of sp³-hybridized carbons (Fsp3) is 0.545. The lowest BCUT2D eigenvalue weighted by Crippen LogP contribution is -2.34. The number of aromatic nitrogens is 2. The van der Waals surface area contributed by atoms with Crippen LogP contribution in [0.3, 0.4) is 0 Å². The highest BCUT2D eigenvalue weighted by Gasteiger charge is 2.21. The fourth-order valence-electron chi connectivity index (χ4n) is 1.90. The minimum absolute atomic E-state index is 0.0812. The van der Waals surface area contributed by atoms with Crippen LogP contribution in [0.15, 0.2) is 12.3 Å². The number of nitrogens with zero attached hydrogens (tertiary/aromatic N) is 3. The van der Waals surface area contributed by atoms with Gasteiger partial charge in [-0.05, 0) is 31.7 Å². The molecule has 0 spiro atoms. The molecule has 0 aromatic carbocycles. The SMILES string of the molecule is N#Cc1ccnc(OC2CCCC(N)C2)n1. The van der Waals surface area contributed by atoms with Gasteiger partial charge in [0.05, 0.1) is 0 Å². The third-order valence-corrected chi connectivity index (χ3v) is 2.69. The van der Waals surface area contributed by atoms with Gasteiger partial charge < -0.3 is 10.5 Å². The van der Waals surface area contributed by atoms with E-state index in [9.17, 15) is 0 Å². The summed E-state index contributed by atoms with van der Waals surface area (Å²) in [4.78, 5) is 7.96. The lowest BCUT2D eigenvalue weighted by atomic mass is 9.94. The van der Waals surface area contributed by atoms with Crippen molar-refractivity contribution in [2.45, 2.75) is 37.8 Å². The fourth-order valence-corrected chi connectivity index (χ4v) is 1.90. The summed E-state index contributed by atoms with van der Waals surface area (Å²) in [5, 5.41) is 8.69. The number of ether oxygens (including phenoxy) is 1. The van der Waals surface area contributed by atoms with Gasteiger partial charge >= 0.3 is 6.01 Å². The number of nitrogens with two attached hydrogens (primary N) is 1. The maximum Gasteiger partial charge on any atom is 0.317 e. The molecule has 1 aliphatic carbocycles. The van der Waals surface area contributed by atoms with Crippen molar-refractivity contribution < 1.29 is 4.74 Å². The maximum absolute atomic E-state index is 8.69. The molecule has 1 aliphatic rings. The van der Waals surface area contributed by atoms with Crippen LogP contribution in [0.1, 0.15) is 31.4 Å². The van der Waals surface area contributed by atoms with Crippen molar-refractivity contribution >= 4 is 0 Å². The van der Waals surface area contributed by atoms with Crippen LogP contribution in [0.2, 0.25) is 0 Å². The second-order valence-corrected chi connectivity index (χ2v) is 4.00. The van der Waals surface area contributed by atoms with Gasteiger partial charge in [-0.15, -0.1) is 0 Å². The summed E-state index contributed by atoms with van der Waals surface area (Å²) < 4.78 is 5.61. The van der Waals surface area contributed by atoms with Crippen molar-refractivity contribution in [3.63, 3.8) is 0 Å². The van der Waals surface area contributed by atoms with Gasteiger partial charge in [-0.2, -0.15) is 10.2 Å². The average Bonchev–Trinajstić information content (AvgIpc) is 2.29. The first-order chi connectivity index (χ1) is 7.78.